The summed E-state index contributed by atoms with van der Waals surface area (Å²) >= 11 is 5.40. The van der Waals surface area contributed by atoms with Crippen molar-refractivity contribution in [2.24, 2.45) is 0 Å². The summed E-state index contributed by atoms with van der Waals surface area (Å²) in [5.74, 6) is -0.754. The van der Waals surface area contributed by atoms with E-state index in [1.165, 1.54) is 0 Å². The predicted molar refractivity (Wildman–Crippen MR) is 50.3 cm³/mol. The molecule has 4 nitrogen and oxygen atoms in total. The van der Waals surface area contributed by atoms with Crippen molar-refractivity contribution in [3.63, 3.8) is 0 Å². The van der Waals surface area contributed by atoms with Gasteiger partial charge in [0.15, 0.2) is 0 Å². The van der Waals surface area contributed by atoms with Crippen LogP contribution in [0.4, 0.5) is 0 Å². The van der Waals surface area contributed by atoms with Crippen molar-refractivity contribution in [2.45, 2.75) is 13.0 Å². The molecule has 0 aliphatic heterocycles. The number of carboxylic acid groups (broad SMARTS) is 1. The molecular formula is C8H18Cl2NO3-. The van der Waals surface area contributed by atoms with Gasteiger partial charge in [0.05, 0.1) is 27.0 Å². The summed E-state index contributed by atoms with van der Waals surface area (Å²) in [6, 6.07) is 0. The Kier molecular flexibility index (Phi) is 13.3. The van der Waals surface area contributed by atoms with E-state index in [9.17, 15) is 0 Å². The summed E-state index contributed by atoms with van der Waals surface area (Å²) in [6.45, 7) is 1.68. The lowest BCUT2D eigenvalue weighted by Gasteiger charge is -2.25. The average Bonchev–Trinajstić information content (AvgIpc) is 1.82. The van der Waals surface area contributed by atoms with Crippen LogP contribution in [0.2, 0.25) is 0 Å². The van der Waals surface area contributed by atoms with Crippen LogP contribution in [0.25, 0.3) is 0 Å². The van der Waals surface area contributed by atoms with Crippen molar-refractivity contribution in [3.8, 4) is 0 Å². The lowest BCUT2D eigenvalue weighted by atomic mass is 10.3. The first-order valence-corrected chi connectivity index (χ1v) is 4.44. The molecule has 1 unspecified atom stereocenters. The second kappa shape index (κ2) is 9.52. The minimum absolute atomic E-state index is 0. The number of quaternary nitrogens is 1. The number of hydrogen-bond donors (Lipinski definition) is 1. The molecule has 0 spiro atoms. The van der Waals surface area contributed by atoms with Gasteiger partial charge in [-0.3, -0.25) is 0 Å². The second-order valence-corrected chi connectivity index (χ2v) is 4.08. The van der Waals surface area contributed by atoms with Crippen LogP contribution in [0.1, 0.15) is 6.92 Å². The van der Waals surface area contributed by atoms with Gasteiger partial charge >= 0.3 is 0 Å². The van der Waals surface area contributed by atoms with E-state index in [-0.39, 0.29) is 18.5 Å². The molecule has 0 saturated carbocycles. The summed E-state index contributed by atoms with van der Waals surface area (Å²) < 4.78 is 0.758. The van der Waals surface area contributed by atoms with E-state index in [0.29, 0.717) is 12.4 Å². The Morgan fingerprint density at radius 3 is 1.86 bits per heavy atom. The molecule has 0 radical (unpaired) electrons. The molecular weight excluding hydrogens is 229 g/mol. The summed E-state index contributed by atoms with van der Waals surface area (Å²) in [5, 5.41) is 17.9. The maximum atomic E-state index is 9.05. The Hall–Kier alpha value is -0.0300. The predicted octanol–water partition coefficient (Wildman–Crippen LogP) is -3.95. The highest BCUT2D eigenvalue weighted by Crippen LogP contribution is 1.95. The van der Waals surface area contributed by atoms with Crippen molar-refractivity contribution < 1.29 is 31.9 Å². The molecule has 0 bridgehead atoms. The third-order valence-electron chi connectivity index (χ3n) is 0.937. The molecule has 0 aromatic heterocycles. The van der Waals surface area contributed by atoms with Crippen LogP contribution in [-0.4, -0.2) is 55.2 Å². The van der Waals surface area contributed by atoms with Crippen molar-refractivity contribution in [1.29, 1.82) is 0 Å². The molecule has 0 aromatic rings. The Balaban J connectivity index is -0.000000209. The number of rotatable bonds is 3. The Bertz CT molecular complexity index is 144. The number of carbonyl (C=O) groups excluding carboxylic acids is 1. The minimum Gasteiger partial charge on any atom is -1.00 e. The van der Waals surface area contributed by atoms with Gasteiger partial charge < -0.3 is 31.9 Å². The highest BCUT2D eigenvalue weighted by Gasteiger charge is 2.13. The van der Waals surface area contributed by atoms with E-state index in [4.69, 9.17) is 26.6 Å². The van der Waals surface area contributed by atoms with Crippen molar-refractivity contribution in [2.75, 3.05) is 33.6 Å². The van der Waals surface area contributed by atoms with Crippen LogP contribution in [0.3, 0.4) is 0 Å². The fourth-order valence-corrected chi connectivity index (χ4v) is 0.779. The second-order valence-electron chi connectivity index (χ2n) is 3.77. The largest absolute Gasteiger partial charge is 1.00 e. The van der Waals surface area contributed by atoms with Gasteiger partial charge in [-0.05, 0) is 6.92 Å². The molecule has 88 valence electrons. The quantitative estimate of drug-likeness (QED) is 0.409. The van der Waals surface area contributed by atoms with Crippen molar-refractivity contribution >= 4 is 17.6 Å². The van der Waals surface area contributed by atoms with Gasteiger partial charge in [0.25, 0.3) is 0 Å². The summed E-state index contributed by atoms with van der Waals surface area (Å²) in [7, 11) is 6.07. The first-order chi connectivity index (χ1) is 5.69. The fourth-order valence-electron chi connectivity index (χ4n) is 0.681. The minimum atomic E-state index is -1.08. The highest BCUT2D eigenvalue weighted by atomic mass is 35.5. The number of aliphatic carboxylic acids is 1. The van der Waals surface area contributed by atoms with Crippen molar-refractivity contribution in [1.82, 2.24) is 0 Å². The van der Waals surface area contributed by atoms with Crippen LogP contribution in [0.5, 0.6) is 0 Å². The Morgan fingerprint density at radius 2 is 1.79 bits per heavy atom. The third kappa shape index (κ3) is 29.7. The summed E-state index contributed by atoms with van der Waals surface area (Å²) in [5.41, 5.74) is 0. The van der Waals surface area contributed by atoms with E-state index >= 15 is 0 Å². The average molecular weight is 247 g/mol. The normalized spacial score (nSPS) is 11.9. The fraction of sp³-hybridized carbons (Fsp3) is 0.875. The van der Waals surface area contributed by atoms with Gasteiger partial charge in [0, 0.05) is 5.97 Å². The highest BCUT2D eigenvalue weighted by molar-refractivity contribution is 6.18. The zero-order valence-electron chi connectivity index (χ0n) is 8.96. The van der Waals surface area contributed by atoms with Gasteiger partial charge in [-0.15, -0.1) is 11.6 Å². The van der Waals surface area contributed by atoms with Gasteiger partial charge in [0.2, 0.25) is 0 Å². The zero-order valence-corrected chi connectivity index (χ0v) is 10.5. The molecule has 0 rings (SSSR count). The number of aliphatic hydroxyl groups is 1. The van der Waals surface area contributed by atoms with Crippen LogP contribution >= 0.6 is 11.6 Å². The van der Waals surface area contributed by atoms with Gasteiger partial charge in [-0.1, -0.05) is 0 Å². The summed E-state index contributed by atoms with van der Waals surface area (Å²) in [6.07, 6.45) is -0.369. The smallest absolute Gasteiger partial charge is 0.116 e. The van der Waals surface area contributed by atoms with Crippen LogP contribution in [0, 0.1) is 0 Å². The number of hydrogen-bond acceptors (Lipinski definition) is 3. The maximum absolute atomic E-state index is 9.05. The lowest BCUT2D eigenvalue weighted by molar-refractivity contribution is -0.873. The van der Waals surface area contributed by atoms with E-state index in [1.807, 2.05) is 21.1 Å². The SMILES string of the molecule is CC(=O)[O-].C[N+](C)(C)CC(O)CCl.[Cl-]. The van der Waals surface area contributed by atoms with Crippen LogP contribution in [0.15, 0.2) is 0 Å². The molecule has 0 saturated heterocycles. The standard InChI is InChI=1S/C6H15ClNO.C2H4O2.ClH/c1-8(2,3)5-6(9)4-7;1-2(3)4;/h6,9H,4-5H2,1-3H3;1H3,(H,3,4);1H/q+1;;/p-2. The van der Waals surface area contributed by atoms with Crippen LogP contribution < -0.4 is 17.5 Å². The molecule has 0 aliphatic rings. The van der Waals surface area contributed by atoms with Crippen molar-refractivity contribution in [3.05, 3.63) is 0 Å². The number of alkyl halides is 1. The summed E-state index contributed by atoms with van der Waals surface area (Å²) in [4.78, 5) is 8.89. The molecule has 0 aromatic carbocycles. The topological polar surface area (TPSA) is 60.4 Å². The number of halogens is 2. The van der Waals surface area contributed by atoms with E-state index in [1.54, 1.807) is 0 Å². The Morgan fingerprint density at radius 1 is 1.50 bits per heavy atom. The van der Waals surface area contributed by atoms with E-state index in [0.717, 1.165) is 11.4 Å². The number of aliphatic hydroxyl groups excluding tert-OH is 1. The maximum Gasteiger partial charge on any atom is 0.116 e. The molecule has 6 heteroatoms. The first-order valence-electron chi connectivity index (χ1n) is 3.91. The monoisotopic (exact) mass is 246 g/mol. The first kappa shape index (κ1) is 19.5. The molecule has 0 amide bonds. The van der Waals surface area contributed by atoms with E-state index in [2.05, 4.69) is 0 Å². The Labute approximate surface area is 96.5 Å². The number of likely N-dealkylation sites (N-methyl/N-ethyl adjacent to an activating group) is 1. The number of nitrogens with zero attached hydrogens (tertiary/aromatic N) is 1. The molecule has 1 N–H and O–H groups in total. The van der Waals surface area contributed by atoms with Gasteiger partial charge in [-0.2, -0.15) is 0 Å². The third-order valence-corrected chi connectivity index (χ3v) is 1.29. The lowest BCUT2D eigenvalue weighted by Crippen LogP contribution is -3.00. The van der Waals surface area contributed by atoms with Gasteiger partial charge in [-0.25, -0.2) is 0 Å². The molecule has 0 heterocycles. The number of carbonyl (C=O) groups is 1. The van der Waals surface area contributed by atoms with E-state index < -0.39 is 5.97 Å². The number of carboxylic acids is 1. The molecule has 0 aliphatic carbocycles. The molecule has 1 atom stereocenters. The van der Waals surface area contributed by atoms with Crippen LogP contribution in [-0.2, 0) is 4.79 Å². The van der Waals surface area contributed by atoms with Gasteiger partial charge in [0.1, 0.15) is 12.6 Å². The zero-order chi connectivity index (χ0) is 11.1. The molecule has 14 heavy (non-hydrogen) atoms. The molecule has 0 fully saturated rings.